The van der Waals surface area contributed by atoms with Crippen LogP contribution in [0, 0.1) is 13.8 Å². The molecule has 0 spiro atoms. The van der Waals surface area contributed by atoms with Gasteiger partial charge >= 0.3 is 5.97 Å². The molecule has 0 radical (unpaired) electrons. The Balaban J connectivity index is 3.33. The van der Waals surface area contributed by atoms with E-state index in [0.29, 0.717) is 5.56 Å². The summed E-state index contributed by atoms with van der Waals surface area (Å²) < 4.78 is 32.5. The fraction of sp³-hybridized carbons (Fsp3) is 0.417. The van der Waals surface area contributed by atoms with Gasteiger partial charge in [-0.25, -0.2) is 8.78 Å². The van der Waals surface area contributed by atoms with Crippen molar-refractivity contribution < 1.29 is 23.4 Å². The Morgan fingerprint density at radius 3 is 2.47 bits per heavy atom. The van der Waals surface area contributed by atoms with E-state index in [1.807, 2.05) is 0 Å². The largest absolute Gasteiger partial charge is 0.496 e. The molecule has 0 aromatic heterocycles. The molecule has 0 unspecified atom stereocenters. The van der Waals surface area contributed by atoms with E-state index in [2.05, 4.69) is 0 Å². The summed E-state index contributed by atoms with van der Waals surface area (Å²) in [6, 6.07) is 3.05. The lowest BCUT2D eigenvalue weighted by atomic mass is 9.97. The molecule has 94 valence electrons. The molecule has 0 aliphatic heterocycles. The van der Waals surface area contributed by atoms with Crippen molar-refractivity contribution in [1.29, 1.82) is 0 Å². The highest BCUT2D eigenvalue weighted by Gasteiger charge is 2.38. The predicted molar refractivity (Wildman–Crippen MR) is 58.6 cm³/mol. The zero-order valence-electron chi connectivity index (χ0n) is 9.88. The third-order valence-electron chi connectivity index (χ3n) is 2.40. The number of alkyl halides is 2. The summed E-state index contributed by atoms with van der Waals surface area (Å²) in [6.45, 7) is 3.27. The summed E-state index contributed by atoms with van der Waals surface area (Å²) in [6.07, 6.45) is -1.24. The van der Waals surface area contributed by atoms with Gasteiger partial charge in [-0.3, -0.25) is 4.79 Å². The average Bonchev–Trinajstić information content (AvgIpc) is 2.13. The Morgan fingerprint density at radius 1 is 1.41 bits per heavy atom. The van der Waals surface area contributed by atoms with Crippen molar-refractivity contribution in [2.24, 2.45) is 0 Å². The molecule has 3 nitrogen and oxygen atoms in total. The third-order valence-corrected chi connectivity index (χ3v) is 2.40. The predicted octanol–water partition coefficient (Wildman–Crippen LogP) is 2.88. The van der Waals surface area contributed by atoms with Crippen LogP contribution in [0.15, 0.2) is 12.1 Å². The quantitative estimate of drug-likeness (QED) is 0.885. The number of aliphatic carboxylic acids is 1. The lowest BCUT2D eigenvalue weighted by molar-refractivity contribution is -0.145. The lowest BCUT2D eigenvalue weighted by Crippen LogP contribution is -2.20. The van der Waals surface area contributed by atoms with E-state index < -0.39 is 18.3 Å². The highest BCUT2D eigenvalue weighted by atomic mass is 19.3. The molecule has 0 aliphatic carbocycles. The second-order valence-corrected chi connectivity index (χ2v) is 3.93. The SMILES string of the molecule is COc1cc(C)cc(C)c1C(F)(F)CC(=O)O. The molecular weight excluding hydrogens is 230 g/mol. The van der Waals surface area contributed by atoms with Gasteiger partial charge in [0.05, 0.1) is 12.7 Å². The minimum Gasteiger partial charge on any atom is -0.496 e. The first kappa shape index (κ1) is 13.4. The Kier molecular flexibility index (Phi) is 3.70. The van der Waals surface area contributed by atoms with Crippen LogP contribution in [0.2, 0.25) is 0 Å². The molecule has 0 fully saturated rings. The average molecular weight is 244 g/mol. The summed E-state index contributed by atoms with van der Waals surface area (Å²) in [7, 11) is 1.29. The summed E-state index contributed by atoms with van der Waals surface area (Å²) in [5.41, 5.74) is 0.760. The van der Waals surface area contributed by atoms with Crippen LogP contribution in [-0.4, -0.2) is 18.2 Å². The molecule has 0 aliphatic rings. The number of carbonyl (C=O) groups is 1. The van der Waals surface area contributed by atoms with Crippen LogP contribution in [0.25, 0.3) is 0 Å². The van der Waals surface area contributed by atoms with Crippen molar-refractivity contribution in [3.63, 3.8) is 0 Å². The van der Waals surface area contributed by atoms with E-state index in [9.17, 15) is 13.6 Å². The van der Waals surface area contributed by atoms with Crippen LogP contribution in [0.3, 0.4) is 0 Å². The maximum atomic E-state index is 13.8. The summed E-state index contributed by atoms with van der Waals surface area (Å²) in [5, 5.41) is 8.50. The van der Waals surface area contributed by atoms with Gasteiger partial charge in [0, 0.05) is 0 Å². The number of hydrogen-bond donors (Lipinski definition) is 1. The maximum absolute atomic E-state index is 13.8. The van der Waals surface area contributed by atoms with E-state index in [1.165, 1.54) is 20.1 Å². The van der Waals surface area contributed by atoms with Gasteiger partial charge in [0.15, 0.2) is 0 Å². The standard InChI is InChI=1S/C12H14F2O3/c1-7-4-8(2)11(9(5-7)17-3)12(13,14)6-10(15)16/h4-5H,6H2,1-3H3,(H,15,16). The van der Waals surface area contributed by atoms with Gasteiger partial charge in [0.2, 0.25) is 0 Å². The Morgan fingerprint density at radius 2 is 2.00 bits per heavy atom. The van der Waals surface area contributed by atoms with Crippen molar-refractivity contribution in [2.45, 2.75) is 26.2 Å². The number of carboxylic acids is 1. The van der Waals surface area contributed by atoms with Gasteiger partial charge in [0.25, 0.3) is 5.92 Å². The van der Waals surface area contributed by atoms with E-state index in [0.717, 1.165) is 5.56 Å². The molecule has 0 amide bonds. The number of hydrogen-bond acceptors (Lipinski definition) is 2. The summed E-state index contributed by atoms with van der Waals surface area (Å²) >= 11 is 0. The molecule has 1 rings (SSSR count). The molecule has 17 heavy (non-hydrogen) atoms. The fourth-order valence-corrected chi connectivity index (χ4v) is 1.84. The number of benzene rings is 1. The first-order chi connectivity index (χ1) is 7.77. The number of aryl methyl sites for hydroxylation is 2. The Labute approximate surface area is 98.0 Å². The molecule has 1 aromatic carbocycles. The summed E-state index contributed by atoms with van der Waals surface area (Å²) in [5.74, 6) is -4.96. The first-order valence-corrected chi connectivity index (χ1v) is 5.03. The van der Waals surface area contributed by atoms with Crippen LogP contribution in [0.1, 0.15) is 23.1 Å². The summed E-state index contributed by atoms with van der Waals surface area (Å²) in [4.78, 5) is 10.4. The number of methoxy groups -OCH3 is 1. The second-order valence-electron chi connectivity index (χ2n) is 3.93. The van der Waals surface area contributed by atoms with Crippen LogP contribution in [-0.2, 0) is 10.7 Å². The lowest BCUT2D eigenvalue weighted by Gasteiger charge is -2.20. The molecule has 0 atom stereocenters. The highest BCUT2D eigenvalue weighted by molar-refractivity contribution is 5.69. The van der Waals surface area contributed by atoms with E-state index in [1.54, 1.807) is 13.0 Å². The normalized spacial score (nSPS) is 11.4. The van der Waals surface area contributed by atoms with Crippen molar-refractivity contribution in [3.8, 4) is 5.75 Å². The maximum Gasteiger partial charge on any atom is 0.309 e. The third kappa shape index (κ3) is 2.93. The van der Waals surface area contributed by atoms with Gasteiger partial charge < -0.3 is 9.84 Å². The molecule has 1 aromatic rings. The van der Waals surface area contributed by atoms with Gasteiger partial charge in [-0.05, 0) is 31.0 Å². The zero-order valence-corrected chi connectivity index (χ0v) is 9.88. The van der Waals surface area contributed by atoms with Crippen LogP contribution < -0.4 is 4.74 Å². The Hall–Kier alpha value is -1.65. The van der Waals surface area contributed by atoms with E-state index in [4.69, 9.17) is 9.84 Å². The minimum atomic E-state index is -3.44. The van der Waals surface area contributed by atoms with Crippen LogP contribution in [0.5, 0.6) is 5.75 Å². The number of ether oxygens (including phenoxy) is 1. The van der Waals surface area contributed by atoms with Gasteiger partial charge in [-0.15, -0.1) is 0 Å². The van der Waals surface area contributed by atoms with Crippen molar-refractivity contribution in [3.05, 3.63) is 28.8 Å². The van der Waals surface area contributed by atoms with Crippen molar-refractivity contribution in [1.82, 2.24) is 0 Å². The van der Waals surface area contributed by atoms with Gasteiger partial charge in [-0.2, -0.15) is 0 Å². The molecule has 5 heteroatoms. The van der Waals surface area contributed by atoms with Crippen molar-refractivity contribution >= 4 is 5.97 Å². The smallest absolute Gasteiger partial charge is 0.309 e. The van der Waals surface area contributed by atoms with Crippen LogP contribution in [0.4, 0.5) is 8.78 Å². The Bertz CT molecular complexity index is 442. The zero-order chi connectivity index (χ0) is 13.2. The topological polar surface area (TPSA) is 46.5 Å². The minimum absolute atomic E-state index is 0.0220. The molecule has 0 saturated carbocycles. The number of carboxylic acid groups (broad SMARTS) is 1. The van der Waals surface area contributed by atoms with Gasteiger partial charge in [0.1, 0.15) is 12.2 Å². The second kappa shape index (κ2) is 4.69. The fourth-order valence-electron chi connectivity index (χ4n) is 1.84. The highest BCUT2D eigenvalue weighted by Crippen LogP contribution is 2.40. The van der Waals surface area contributed by atoms with Crippen LogP contribution >= 0.6 is 0 Å². The van der Waals surface area contributed by atoms with E-state index in [-0.39, 0.29) is 11.3 Å². The first-order valence-electron chi connectivity index (χ1n) is 5.03. The number of rotatable bonds is 4. The molecule has 0 saturated heterocycles. The molecular formula is C12H14F2O3. The van der Waals surface area contributed by atoms with E-state index >= 15 is 0 Å². The van der Waals surface area contributed by atoms with Crippen molar-refractivity contribution in [2.75, 3.05) is 7.11 Å². The van der Waals surface area contributed by atoms with Gasteiger partial charge in [-0.1, -0.05) is 6.07 Å². The molecule has 0 heterocycles. The molecule has 1 N–H and O–H groups in total. The number of halogens is 2. The monoisotopic (exact) mass is 244 g/mol. The molecule has 0 bridgehead atoms.